The minimum atomic E-state index is -0.418. The van der Waals surface area contributed by atoms with Gasteiger partial charge in [-0.05, 0) is 18.2 Å². The maximum atomic E-state index is 13.1. The number of aromatic amines is 2. The third kappa shape index (κ3) is 1.93. The number of nitrogens with zero attached hydrogens (tertiary/aromatic N) is 3. The molecule has 19 heavy (non-hydrogen) atoms. The van der Waals surface area contributed by atoms with Gasteiger partial charge in [-0.1, -0.05) is 11.6 Å². The molecule has 0 saturated heterocycles. The normalized spacial score (nSPS) is 10.8. The summed E-state index contributed by atoms with van der Waals surface area (Å²) in [5.74, 6) is -0.162. The van der Waals surface area contributed by atoms with E-state index in [-0.39, 0.29) is 10.8 Å². The number of nitrogens with one attached hydrogen (secondary N) is 2. The van der Waals surface area contributed by atoms with Crippen LogP contribution in [0.3, 0.4) is 0 Å². The van der Waals surface area contributed by atoms with Gasteiger partial charge in [0, 0.05) is 5.56 Å². The smallest absolute Gasteiger partial charge is 0.153 e. The zero-order valence-electron chi connectivity index (χ0n) is 9.48. The zero-order valence-corrected chi connectivity index (χ0v) is 10.2. The number of aromatic nitrogens is 5. The molecule has 0 atom stereocenters. The largest absolute Gasteiger partial charge is 0.382 e. The number of rotatable bonds is 2. The van der Waals surface area contributed by atoms with E-state index in [0.717, 1.165) is 0 Å². The number of anilines is 1. The molecule has 3 rings (SSSR count). The lowest BCUT2D eigenvalue weighted by molar-refractivity contribution is 0.628. The predicted molar refractivity (Wildman–Crippen MR) is 68.8 cm³/mol. The average molecular weight is 279 g/mol. The second-order valence-electron chi connectivity index (χ2n) is 3.84. The number of nitrogen functional groups attached to an aromatic ring is 1. The molecule has 0 saturated carbocycles. The number of benzene rings is 1. The maximum Gasteiger partial charge on any atom is 0.153 e. The standard InChI is InChI=1S/C11H8ClFN6/c12-7-3-5(13)1-2-6(7)9-10(17-18-11(9)14)8-4-15-19-16-8/h1-4H,(H3,14,17,18)(H,15,16,19). The van der Waals surface area contributed by atoms with Crippen molar-refractivity contribution in [3.05, 3.63) is 35.2 Å². The summed E-state index contributed by atoms with van der Waals surface area (Å²) in [6, 6.07) is 4.07. The molecule has 0 radical (unpaired) electrons. The van der Waals surface area contributed by atoms with Crippen LogP contribution in [0.25, 0.3) is 22.5 Å². The molecule has 2 aromatic heterocycles. The molecule has 1 aromatic carbocycles. The summed E-state index contributed by atoms with van der Waals surface area (Å²) in [6.45, 7) is 0. The van der Waals surface area contributed by atoms with Crippen LogP contribution >= 0.6 is 11.6 Å². The van der Waals surface area contributed by atoms with Gasteiger partial charge in [0.25, 0.3) is 0 Å². The first-order valence-electron chi connectivity index (χ1n) is 5.32. The van der Waals surface area contributed by atoms with E-state index in [4.69, 9.17) is 17.3 Å². The fourth-order valence-corrected chi connectivity index (χ4v) is 2.09. The Hall–Kier alpha value is -2.41. The molecule has 0 aliphatic rings. The summed E-state index contributed by atoms with van der Waals surface area (Å²) >= 11 is 6.05. The number of halogens is 2. The van der Waals surface area contributed by atoms with Gasteiger partial charge in [0.1, 0.15) is 11.5 Å². The number of nitrogens with two attached hydrogens (primary N) is 1. The molecule has 3 aromatic rings. The van der Waals surface area contributed by atoms with Crippen molar-refractivity contribution < 1.29 is 4.39 Å². The summed E-state index contributed by atoms with van der Waals surface area (Å²) in [7, 11) is 0. The molecular weight excluding hydrogens is 271 g/mol. The van der Waals surface area contributed by atoms with Crippen molar-refractivity contribution >= 4 is 17.4 Å². The minimum Gasteiger partial charge on any atom is -0.382 e. The highest BCUT2D eigenvalue weighted by Gasteiger charge is 2.18. The first-order chi connectivity index (χ1) is 9.16. The van der Waals surface area contributed by atoms with Crippen LogP contribution in [0.1, 0.15) is 0 Å². The van der Waals surface area contributed by atoms with E-state index in [2.05, 4.69) is 25.6 Å². The second-order valence-corrected chi connectivity index (χ2v) is 4.25. The van der Waals surface area contributed by atoms with E-state index in [0.29, 0.717) is 22.5 Å². The number of hydrogen-bond donors (Lipinski definition) is 3. The first-order valence-corrected chi connectivity index (χ1v) is 5.70. The Bertz CT molecular complexity index is 721. The maximum absolute atomic E-state index is 13.1. The van der Waals surface area contributed by atoms with Crippen molar-refractivity contribution in [1.29, 1.82) is 0 Å². The molecule has 2 heterocycles. The van der Waals surface area contributed by atoms with Gasteiger partial charge in [-0.15, -0.1) is 0 Å². The van der Waals surface area contributed by atoms with Crippen molar-refractivity contribution in [2.75, 3.05) is 5.73 Å². The lowest BCUT2D eigenvalue weighted by Crippen LogP contribution is -1.90. The highest BCUT2D eigenvalue weighted by atomic mass is 35.5. The fraction of sp³-hybridized carbons (Fsp3) is 0. The lowest BCUT2D eigenvalue weighted by Gasteiger charge is -2.05. The number of H-pyrrole nitrogens is 2. The van der Waals surface area contributed by atoms with Crippen LogP contribution < -0.4 is 5.73 Å². The van der Waals surface area contributed by atoms with Crippen molar-refractivity contribution in [2.24, 2.45) is 0 Å². The van der Waals surface area contributed by atoms with E-state index < -0.39 is 5.82 Å². The Balaban J connectivity index is 2.22. The van der Waals surface area contributed by atoms with Gasteiger partial charge in [-0.3, -0.25) is 5.10 Å². The molecule has 0 unspecified atom stereocenters. The number of hydrogen-bond acceptors (Lipinski definition) is 4. The van der Waals surface area contributed by atoms with Crippen LogP contribution in [0.4, 0.5) is 10.2 Å². The van der Waals surface area contributed by atoms with Gasteiger partial charge in [0.05, 0.1) is 22.5 Å². The highest BCUT2D eigenvalue weighted by Crippen LogP contribution is 2.37. The summed E-state index contributed by atoms with van der Waals surface area (Å²) in [4.78, 5) is 0. The summed E-state index contributed by atoms with van der Waals surface area (Å²) in [5, 5.41) is 17.1. The quantitative estimate of drug-likeness (QED) is 0.670. The monoisotopic (exact) mass is 278 g/mol. The van der Waals surface area contributed by atoms with E-state index >= 15 is 0 Å². The molecule has 0 bridgehead atoms. The minimum absolute atomic E-state index is 0.248. The Morgan fingerprint density at radius 2 is 2.11 bits per heavy atom. The highest BCUT2D eigenvalue weighted by molar-refractivity contribution is 6.33. The van der Waals surface area contributed by atoms with Gasteiger partial charge < -0.3 is 5.73 Å². The zero-order chi connectivity index (χ0) is 13.4. The molecule has 0 spiro atoms. The van der Waals surface area contributed by atoms with Crippen molar-refractivity contribution in [1.82, 2.24) is 25.6 Å². The van der Waals surface area contributed by atoms with E-state index in [1.807, 2.05) is 0 Å². The van der Waals surface area contributed by atoms with Crippen molar-refractivity contribution in [2.45, 2.75) is 0 Å². The predicted octanol–water partition coefficient (Wildman–Crippen LogP) is 2.24. The average Bonchev–Trinajstić information content (AvgIpc) is 2.99. The SMILES string of the molecule is Nc1n[nH]c(-c2cn[nH]n2)c1-c1ccc(F)cc1Cl. The summed E-state index contributed by atoms with van der Waals surface area (Å²) in [6.07, 6.45) is 1.52. The van der Waals surface area contributed by atoms with Crippen LogP contribution in [-0.2, 0) is 0 Å². The van der Waals surface area contributed by atoms with Crippen LogP contribution in [0.5, 0.6) is 0 Å². The lowest BCUT2D eigenvalue weighted by atomic mass is 10.0. The van der Waals surface area contributed by atoms with Gasteiger partial charge in [0.2, 0.25) is 0 Å². The molecule has 0 amide bonds. The van der Waals surface area contributed by atoms with Crippen molar-refractivity contribution in [3.63, 3.8) is 0 Å². The second kappa shape index (κ2) is 4.36. The summed E-state index contributed by atoms with van der Waals surface area (Å²) in [5.41, 5.74) is 8.09. The Morgan fingerprint density at radius 1 is 1.26 bits per heavy atom. The molecule has 0 aliphatic carbocycles. The van der Waals surface area contributed by atoms with Crippen LogP contribution in [0, 0.1) is 5.82 Å². The first kappa shape index (κ1) is 11.7. The third-order valence-corrected chi connectivity index (χ3v) is 2.98. The van der Waals surface area contributed by atoms with Crippen LogP contribution in [0.15, 0.2) is 24.4 Å². The molecule has 4 N–H and O–H groups in total. The Kier molecular flexibility index (Phi) is 2.68. The summed E-state index contributed by atoms with van der Waals surface area (Å²) < 4.78 is 13.1. The molecule has 96 valence electrons. The van der Waals surface area contributed by atoms with E-state index in [1.165, 1.54) is 18.3 Å². The Labute approximate surface area is 111 Å². The van der Waals surface area contributed by atoms with Crippen LogP contribution in [0.2, 0.25) is 5.02 Å². The Morgan fingerprint density at radius 3 is 2.79 bits per heavy atom. The van der Waals surface area contributed by atoms with Crippen molar-refractivity contribution in [3.8, 4) is 22.5 Å². The topological polar surface area (TPSA) is 96.3 Å². The van der Waals surface area contributed by atoms with Gasteiger partial charge >= 0.3 is 0 Å². The van der Waals surface area contributed by atoms with E-state index in [1.54, 1.807) is 6.07 Å². The molecule has 0 fully saturated rings. The van der Waals surface area contributed by atoms with E-state index in [9.17, 15) is 4.39 Å². The van der Waals surface area contributed by atoms with Gasteiger partial charge in [-0.2, -0.15) is 20.5 Å². The molecule has 6 nitrogen and oxygen atoms in total. The van der Waals surface area contributed by atoms with Crippen LogP contribution in [-0.4, -0.2) is 25.6 Å². The molecular formula is C11H8ClFN6. The van der Waals surface area contributed by atoms with Gasteiger partial charge in [0.15, 0.2) is 5.82 Å². The molecule has 8 heteroatoms. The molecule has 0 aliphatic heterocycles. The fourth-order valence-electron chi connectivity index (χ4n) is 1.83. The van der Waals surface area contributed by atoms with Gasteiger partial charge in [-0.25, -0.2) is 4.39 Å². The third-order valence-electron chi connectivity index (χ3n) is 2.67.